The summed E-state index contributed by atoms with van der Waals surface area (Å²) in [5, 5.41) is 3.69. The SMILES string of the molecule is Cc1ccc(CNC(C)C2CCCCC2)cc1. The molecular weight excluding hydrogens is 206 g/mol. The fraction of sp³-hybridized carbons (Fsp3) is 0.625. The van der Waals surface area contributed by atoms with E-state index in [4.69, 9.17) is 0 Å². The minimum atomic E-state index is 0.664. The summed E-state index contributed by atoms with van der Waals surface area (Å²) >= 11 is 0. The van der Waals surface area contributed by atoms with Gasteiger partial charge in [0.25, 0.3) is 0 Å². The Balaban J connectivity index is 1.78. The van der Waals surface area contributed by atoms with Crippen molar-refractivity contribution in [2.24, 2.45) is 5.92 Å². The molecule has 0 radical (unpaired) electrons. The standard InChI is InChI=1S/C16H25N/c1-13-8-10-15(11-9-13)12-17-14(2)16-6-4-3-5-7-16/h8-11,14,16-17H,3-7,12H2,1-2H3. The fourth-order valence-corrected chi connectivity index (χ4v) is 2.79. The maximum Gasteiger partial charge on any atom is 0.0208 e. The van der Waals surface area contributed by atoms with E-state index in [1.54, 1.807) is 0 Å². The van der Waals surface area contributed by atoms with Gasteiger partial charge in [-0.05, 0) is 38.2 Å². The van der Waals surface area contributed by atoms with Crippen LogP contribution in [0.2, 0.25) is 0 Å². The second-order valence-electron chi connectivity index (χ2n) is 5.55. The van der Waals surface area contributed by atoms with Crippen LogP contribution in [-0.4, -0.2) is 6.04 Å². The highest BCUT2D eigenvalue weighted by molar-refractivity contribution is 5.21. The smallest absolute Gasteiger partial charge is 0.0208 e. The molecule has 1 heteroatoms. The number of nitrogens with one attached hydrogen (secondary N) is 1. The number of hydrogen-bond acceptors (Lipinski definition) is 1. The second-order valence-corrected chi connectivity index (χ2v) is 5.55. The summed E-state index contributed by atoms with van der Waals surface area (Å²) in [6, 6.07) is 9.52. The summed E-state index contributed by atoms with van der Waals surface area (Å²) in [6.07, 6.45) is 7.15. The molecule has 0 aromatic heterocycles. The Morgan fingerprint density at radius 3 is 2.41 bits per heavy atom. The van der Waals surface area contributed by atoms with E-state index in [1.807, 2.05) is 0 Å². The molecule has 1 fully saturated rings. The molecular formula is C16H25N. The molecule has 1 atom stereocenters. The Hall–Kier alpha value is -0.820. The number of aryl methyl sites for hydroxylation is 1. The molecule has 0 aliphatic heterocycles. The summed E-state index contributed by atoms with van der Waals surface area (Å²) in [4.78, 5) is 0. The minimum absolute atomic E-state index is 0.664. The highest BCUT2D eigenvalue weighted by Crippen LogP contribution is 2.26. The molecule has 0 heterocycles. The summed E-state index contributed by atoms with van der Waals surface area (Å²) in [6.45, 7) is 5.50. The molecule has 1 aromatic carbocycles. The van der Waals surface area contributed by atoms with Gasteiger partial charge in [0, 0.05) is 12.6 Å². The Kier molecular flexibility index (Phi) is 4.61. The summed E-state index contributed by atoms with van der Waals surface area (Å²) in [7, 11) is 0. The van der Waals surface area contributed by atoms with Crippen molar-refractivity contribution < 1.29 is 0 Å². The van der Waals surface area contributed by atoms with Gasteiger partial charge in [-0.1, -0.05) is 49.1 Å². The molecule has 1 aromatic rings. The quantitative estimate of drug-likeness (QED) is 0.824. The molecule has 1 unspecified atom stereocenters. The van der Waals surface area contributed by atoms with Crippen molar-refractivity contribution in [2.75, 3.05) is 0 Å². The zero-order valence-electron chi connectivity index (χ0n) is 11.2. The van der Waals surface area contributed by atoms with Crippen molar-refractivity contribution in [1.29, 1.82) is 0 Å². The highest BCUT2D eigenvalue weighted by Gasteiger charge is 2.19. The molecule has 1 aliphatic rings. The van der Waals surface area contributed by atoms with Crippen LogP contribution >= 0.6 is 0 Å². The maximum absolute atomic E-state index is 3.69. The number of hydrogen-bond donors (Lipinski definition) is 1. The van der Waals surface area contributed by atoms with E-state index in [0.29, 0.717) is 6.04 Å². The third-order valence-electron chi connectivity index (χ3n) is 4.11. The molecule has 1 saturated carbocycles. The third-order valence-corrected chi connectivity index (χ3v) is 4.11. The molecule has 0 spiro atoms. The van der Waals surface area contributed by atoms with Crippen LogP contribution in [0.25, 0.3) is 0 Å². The van der Waals surface area contributed by atoms with Gasteiger partial charge in [-0.3, -0.25) is 0 Å². The summed E-state index contributed by atoms with van der Waals surface area (Å²) < 4.78 is 0. The van der Waals surface area contributed by atoms with Gasteiger partial charge >= 0.3 is 0 Å². The molecule has 1 N–H and O–H groups in total. The van der Waals surface area contributed by atoms with E-state index in [9.17, 15) is 0 Å². The molecule has 0 bridgehead atoms. The van der Waals surface area contributed by atoms with Gasteiger partial charge in [-0.15, -0.1) is 0 Å². The molecule has 0 amide bonds. The number of benzene rings is 1. The van der Waals surface area contributed by atoms with E-state index < -0.39 is 0 Å². The van der Waals surface area contributed by atoms with Crippen LogP contribution < -0.4 is 5.32 Å². The maximum atomic E-state index is 3.69. The van der Waals surface area contributed by atoms with Crippen molar-refractivity contribution in [3.8, 4) is 0 Å². The van der Waals surface area contributed by atoms with Crippen LogP contribution in [0.5, 0.6) is 0 Å². The Morgan fingerprint density at radius 2 is 1.76 bits per heavy atom. The Bertz CT molecular complexity index is 322. The zero-order valence-corrected chi connectivity index (χ0v) is 11.2. The van der Waals surface area contributed by atoms with Crippen LogP contribution in [0.4, 0.5) is 0 Å². The molecule has 2 rings (SSSR count). The Labute approximate surface area is 106 Å². The van der Waals surface area contributed by atoms with Crippen molar-refractivity contribution in [2.45, 2.75) is 58.5 Å². The predicted octanol–water partition coefficient (Wildman–Crippen LogP) is 4.05. The molecule has 1 nitrogen and oxygen atoms in total. The van der Waals surface area contributed by atoms with Gasteiger partial charge < -0.3 is 5.32 Å². The summed E-state index contributed by atoms with van der Waals surface area (Å²) in [5.41, 5.74) is 2.74. The van der Waals surface area contributed by atoms with Crippen LogP contribution in [-0.2, 0) is 6.54 Å². The van der Waals surface area contributed by atoms with Crippen molar-refractivity contribution in [1.82, 2.24) is 5.32 Å². The zero-order chi connectivity index (χ0) is 12.1. The van der Waals surface area contributed by atoms with Gasteiger partial charge in [0.15, 0.2) is 0 Å². The monoisotopic (exact) mass is 231 g/mol. The lowest BCUT2D eigenvalue weighted by molar-refractivity contribution is 0.280. The average Bonchev–Trinajstić information content (AvgIpc) is 2.39. The second kappa shape index (κ2) is 6.20. The first-order chi connectivity index (χ1) is 8.25. The van der Waals surface area contributed by atoms with E-state index in [-0.39, 0.29) is 0 Å². The van der Waals surface area contributed by atoms with Crippen LogP contribution in [0.15, 0.2) is 24.3 Å². The lowest BCUT2D eigenvalue weighted by atomic mass is 9.84. The van der Waals surface area contributed by atoms with E-state index in [1.165, 1.54) is 43.2 Å². The van der Waals surface area contributed by atoms with Crippen molar-refractivity contribution in [3.05, 3.63) is 35.4 Å². The summed E-state index contributed by atoms with van der Waals surface area (Å²) in [5.74, 6) is 0.897. The number of rotatable bonds is 4. The van der Waals surface area contributed by atoms with Gasteiger partial charge in [0.05, 0.1) is 0 Å². The molecule has 1 aliphatic carbocycles. The molecule has 17 heavy (non-hydrogen) atoms. The normalized spacial score (nSPS) is 19.2. The van der Waals surface area contributed by atoms with Crippen molar-refractivity contribution in [3.63, 3.8) is 0 Å². The largest absolute Gasteiger partial charge is 0.310 e. The first-order valence-corrected chi connectivity index (χ1v) is 7.04. The lowest BCUT2D eigenvalue weighted by Gasteiger charge is -2.28. The van der Waals surface area contributed by atoms with Crippen LogP contribution in [0.3, 0.4) is 0 Å². The third kappa shape index (κ3) is 3.85. The first kappa shape index (κ1) is 12.6. The van der Waals surface area contributed by atoms with Crippen LogP contribution in [0.1, 0.15) is 50.2 Å². The predicted molar refractivity (Wildman–Crippen MR) is 74.1 cm³/mol. The van der Waals surface area contributed by atoms with E-state index >= 15 is 0 Å². The molecule has 0 saturated heterocycles. The minimum Gasteiger partial charge on any atom is -0.310 e. The van der Waals surface area contributed by atoms with E-state index in [0.717, 1.165) is 12.5 Å². The van der Waals surface area contributed by atoms with Crippen LogP contribution in [0, 0.1) is 12.8 Å². The van der Waals surface area contributed by atoms with E-state index in [2.05, 4.69) is 43.4 Å². The van der Waals surface area contributed by atoms with Gasteiger partial charge in [-0.2, -0.15) is 0 Å². The van der Waals surface area contributed by atoms with Crippen molar-refractivity contribution >= 4 is 0 Å². The highest BCUT2D eigenvalue weighted by atomic mass is 14.9. The van der Waals surface area contributed by atoms with Gasteiger partial charge in [-0.25, -0.2) is 0 Å². The average molecular weight is 231 g/mol. The Morgan fingerprint density at radius 1 is 1.12 bits per heavy atom. The molecule has 94 valence electrons. The fourth-order valence-electron chi connectivity index (χ4n) is 2.79. The van der Waals surface area contributed by atoms with Gasteiger partial charge in [0.1, 0.15) is 0 Å². The topological polar surface area (TPSA) is 12.0 Å². The van der Waals surface area contributed by atoms with Gasteiger partial charge in [0.2, 0.25) is 0 Å². The first-order valence-electron chi connectivity index (χ1n) is 7.04. The lowest BCUT2D eigenvalue weighted by Crippen LogP contribution is -2.34.